The van der Waals surface area contributed by atoms with Crippen molar-refractivity contribution < 1.29 is 9.59 Å². The van der Waals surface area contributed by atoms with Gasteiger partial charge in [0.05, 0.1) is 0 Å². The molecular formula is C28H31ClN2O2. The molecule has 3 aromatic rings. The van der Waals surface area contributed by atoms with E-state index < -0.39 is 6.04 Å². The lowest BCUT2D eigenvalue weighted by Crippen LogP contribution is -2.50. The zero-order valence-corrected chi connectivity index (χ0v) is 20.0. The Morgan fingerprint density at radius 3 is 2.15 bits per heavy atom. The van der Waals surface area contributed by atoms with Crippen LogP contribution >= 0.6 is 11.6 Å². The molecule has 0 aliphatic heterocycles. The van der Waals surface area contributed by atoms with Crippen LogP contribution in [0.25, 0.3) is 0 Å². The van der Waals surface area contributed by atoms with E-state index in [0.717, 1.165) is 23.1 Å². The monoisotopic (exact) mass is 462 g/mol. The average molecular weight is 463 g/mol. The van der Waals surface area contributed by atoms with Crippen LogP contribution in [0.5, 0.6) is 0 Å². The highest BCUT2D eigenvalue weighted by atomic mass is 35.5. The SMILES string of the molecule is CCCC(=O)N(Cc1ccc(Cl)cc1)[C@@H](Cc1ccccc1)C(=O)NCc1ccc(C)cc1. The van der Waals surface area contributed by atoms with Gasteiger partial charge in [-0.05, 0) is 42.2 Å². The Balaban J connectivity index is 1.86. The van der Waals surface area contributed by atoms with Crippen molar-refractivity contribution >= 4 is 23.4 Å². The highest BCUT2D eigenvalue weighted by Crippen LogP contribution is 2.18. The normalized spacial score (nSPS) is 11.6. The van der Waals surface area contributed by atoms with Gasteiger partial charge in [0.2, 0.25) is 11.8 Å². The summed E-state index contributed by atoms with van der Waals surface area (Å²) in [6.45, 7) is 4.78. The fourth-order valence-corrected chi connectivity index (χ4v) is 3.84. The fraction of sp³-hybridized carbons (Fsp3) is 0.286. The minimum absolute atomic E-state index is 0.0288. The van der Waals surface area contributed by atoms with Gasteiger partial charge >= 0.3 is 0 Å². The van der Waals surface area contributed by atoms with Crippen LogP contribution in [-0.2, 0) is 29.1 Å². The van der Waals surface area contributed by atoms with E-state index in [2.05, 4.69) is 5.32 Å². The topological polar surface area (TPSA) is 49.4 Å². The molecule has 0 saturated carbocycles. The molecule has 0 radical (unpaired) electrons. The van der Waals surface area contributed by atoms with Crippen LogP contribution in [0.1, 0.15) is 42.0 Å². The molecule has 1 N–H and O–H groups in total. The molecule has 0 aromatic heterocycles. The molecule has 33 heavy (non-hydrogen) atoms. The van der Waals surface area contributed by atoms with Crippen molar-refractivity contribution in [3.63, 3.8) is 0 Å². The van der Waals surface area contributed by atoms with Gasteiger partial charge in [-0.15, -0.1) is 0 Å². The minimum Gasteiger partial charge on any atom is -0.350 e. The lowest BCUT2D eigenvalue weighted by Gasteiger charge is -2.31. The Kier molecular flexibility index (Phi) is 9.08. The zero-order valence-electron chi connectivity index (χ0n) is 19.3. The first-order chi connectivity index (χ1) is 16.0. The number of carbonyl (C=O) groups excluding carboxylic acids is 2. The largest absolute Gasteiger partial charge is 0.350 e. The number of amides is 2. The van der Waals surface area contributed by atoms with Crippen LogP contribution in [0.15, 0.2) is 78.9 Å². The van der Waals surface area contributed by atoms with Crippen molar-refractivity contribution in [1.82, 2.24) is 10.2 Å². The van der Waals surface area contributed by atoms with Crippen LogP contribution < -0.4 is 5.32 Å². The predicted octanol–water partition coefficient (Wildman–Crippen LogP) is 5.70. The van der Waals surface area contributed by atoms with Crippen molar-refractivity contribution in [2.45, 2.75) is 52.2 Å². The molecule has 0 unspecified atom stereocenters. The first-order valence-electron chi connectivity index (χ1n) is 11.4. The van der Waals surface area contributed by atoms with Crippen LogP contribution in [0, 0.1) is 6.92 Å². The molecule has 0 bridgehead atoms. The summed E-state index contributed by atoms with van der Waals surface area (Å²) in [5.41, 5.74) is 4.15. The minimum atomic E-state index is -0.618. The van der Waals surface area contributed by atoms with Gasteiger partial charge in [-0.25, -0.2) is 0 Å². The van der Waals surface area contributed by atoms with E-state index in [1.165, 1.54) is 5.56 Å². The number of aryl methyl sites for hydroxylation is 1. The maximum atomic E-state index is 13.5. The van der Waals surface area contributed by atoms with Crippen LogP contribution in [0.2, 0.25) is 5.02 Å². The Hall–Kier alpha value is -3.11. The first kappa shape index (κ1) is 24.5. The van der Waals surface area contributed by atoms with Crippen LogP contribution in [-0.4, -0.2) is 22.8 Å². The summed E-state index contributed by atoms with van der Waals surface area (Å²) in [5.74, 6) is -0.184. The van der Waals surface area contributed by atoms with Gasteiger partial charge in [0.1, 0.15) is 6.04 Å². The molecule has 1 atom stereocenters. The van der Waals surface area contributed by atoms with E-state index in [1.54, 1.807) is 4.90 Å². The number of hydrogen-bond donors (Lipinski definition) is 1. The van der Waals surface area contributed by atoms with E-state index in [9.17, 15) is 9.59 Å². The molecule has 4 nitrogen and oxygen atoms in total. The van der Waals surface area contributed by atoms with Crippen LogP contribution in [0.4, 0.5) is 0 Å². The second-order valence-electron chi connectivity index (χ2n) is 8.31. The molecule has 0 fully saturated rings. The van der Waals surface area contributed by atoms with E-state index in [0.29, 0.717) is 31.0 Å². The maximum Gasteiger partial charge on any atom is 0.243 e. The van der Waals surface area contributed by atoms with Gasteiger partial charge in [0.25, 0.3) is 0 Å². The summed E-state index contributed by atoms with van der Waals surface area (Å²) in [4.78, 5) is 28.4. The molecule has 2 amide bonds. The highest BCUT2D eigenvalue weighted by molar-refractivity contribution is 6.30. The number of hydrogen-bond acceptors (Lipinski definition) is 2. The molecule has 0 saturated heterocycles. The third kappa shape index (κ3) is 7.47. The van der Waals surface area contributed by atoms with Gasteiger partial charge in [0, 0.05) is 31.0 Å². The number of carbonyl (C=O) groups is 2. The summed E-state index contributed by atoms with van der Waals surface area (Å²) in [5, 5.41) is 3.70. The summed E-state index contributed by atoms with van der Waals surface area (Å²) in [6, 6.07) is 24.7. The maximum absolute atomic E-state index is 13.5. The van der Waals surface area contributed by atoms with Crippen molar-refractivity contribution in [3.05, 3.63) is 106 Å². The van der Waals surface area contributed by atoms with Gasteiger partial charge < -0.3 is 10.2 Å². The Morgan fingerprint density at radius 2 is 1.52 bits per heavy atom. The molecule has 0 heterocycles. The molecule has 0 aliphatic carbocycles. The molecule has 3 rings (SSSR count). The van der Waals surface area contributed by atoms with Crippen molar-refractivity contribution in [2.75, 3.05) is 0 Å². The predicted molar refractivity (Wildman–Crippen MR) is 134 cm³/mol. The van der Waals surface area contributed by atoms with Gasteiger partial charge in [0.15, 0.2) is 0 Å². The summed E-state index contributed by atoms with van der Waals surface area (Å²) in [6.07, 6.45) is 1.56. The van der Waals surface area contributed by atoms with E-state index in [-0.39, 0.29) is 11.8 Å². The molecule has 0 aliphatic rings. The molecule has 5 heteroatoms. The molecule has 172 valence electrons. The van der Waals surface area contributed by atoms with E-state index in [1.807, 2.05) is 92.7 Å². The number of rotatable bonds is 10. The summed E-state index contributed by atoms with van der Waals surface area (Å²) in [7, 11) is 0. The van der Waals surface area contributed by atoms with Gasteiger partial charge in [-0.3, -0.25) is 9.59 Å². The quantitative estimate of drug-likeness (QED) is 0.419. The first-order valence-corrected chi connectivity index (χ1v) is 11.7. The molecular weight excluding hydrogens is 432 g/mol. The fourth-order valence-electron chi connectivity index (χ4n) is 3.71. The second-order valence-corrected chi connectivity index (χ2v) is 8.74. The highest BCUT2D eigenvalue weighted by Gasteiger charge is 2.29. The second kappa shape index (κ2) is 12.2. The van der Waals surface area contributed by atoms with Gasteiger partial charge in [-0.2, -0.15) is 0 Å². The third-order valence-corrected chi connectivity index (χ3v) is 5.84. The number of nitrogens with one attached hydrogen (secondary N) is 1. The van der Waals surface area contributed by atoms with Crippen molar-refractivity contribution in [3.8, 4) is 0 Å². The Bertz CT molecular complexity index is 1030. The van der Waals surface area contributed by atoms with Crippen LogP contribution in [0.3, 0.4) is 0 Å². The zero-order chi connectivity index (χ0) is 23.6. The average Bonchev–Trinajstić information content (AvgIpc) is 2.82. The number of benzene rings is 3. The Labute approximate surface area is 201 Å². The summed E-state index contributed by atoms with van der Waals surface area (Å²) >= 11 is 6.05. The molecule has 3 aromatic carbocycles. The van der Waals surface area contributed by atoms with E-state index in [4.69, 9.17) is 11.6 Å². The third-order valence-electron chi connectivity index (χ3n) is 5.59. The van der Waals surface area contributed by atoms with Crippen molar-refractivity contribution in [1.29, 1.82) is 0 Å². The lowest BCUT2D eigenvalue weighted by molar-refractivity contribution is -0.141. The smallest absolute Gasteiger partial charge is 0.243 e. The summed E-state index contributed by atoms with van der Waals surface area (Å²) < 4.78 is 0. The number of nitrogens with zero attached hydrogens (tertiary/aromatic N) is 1. The van der Waals surface area contributed by atoms with Crippen molar-refractivity contribution in [2.24, 2.45) is 0 Å². The van der Waals surface area contributed by atoms with Gasteiger partial charge in [-0.1, -0.05) is 90.8 Å². The lowest BCUT2D eigenvalue weighted by atomic mass is 10.0. The van der Waals surface area contributed by atoms with E-state index >= 15 is 0 Å². The number of halogens is 1. The standard InChI is InChI=1S/C28H31ClN2O2/c1-3-7-27(32)31(20-24-14-16-25(29)17-15-24)26(18-22-8-5-4-6-9-22)28(33)30-19-23-12-10-21(2)11-13-23/h4-6,8-17,26H,3,7,18-20H2,1-2H3,(H,30,33)/t26-/m0/s1. The molecule has 0 spiro atoms. The Morgan fingerprint density at radius 1 is 0.879 bits per heavy atom.